The van der Waals surface area contributed by atoms with Crippen LogP contribution in [0.25, 0.3) is 11.1 Å². The number of carbonyl (C=O) groups excluding carboxylic acids is 2. The average Bonchev–Trinajstić information content (AvgIpc) is 2.92. The molecule has 0 radical (unpaired) electrons. The zero-order valence-corrected chi connectivity index (χ0v) is 19.3. The number of benzene rings is 3. The number of carbonyl (C=O) groups is 2. The van der Waals surface area contributed by atoms with Gasteiger partial charge in [0.05, 0.1) is 6.04 Å². The summed E-state index contributed by atoms with van der Waals surface area (Å²) < 4.78 is 0. The lowest BCUT2D eigenvalue weighted by atomic mass is 10.0. The second-order valence-corrected chi connectivity index (χ2v) is 8.06. The molecule has 0 bridgehead atoms. The number of amides is 2. The fraction of sp³-hybridized carbons (Fsp3) is 0.100. The highest BCUT2D eigenvalue weighted by Gasteiger charge is 2.33. The first-order valence-corrected chi connectivity index (χ1v) is 11.3. The number of pyridine rings is 1. The molecule has 3 aromatic carbocycles. The van der Waals surface area contributed by atoms with Gasteiger partial charge in [-0.3, -0.25) is 19.5 Å². The van der Waals surface area contributed by atoms with Crippen LogP contribution < -0.4 is 10.2 Å². The van der Waals surface area contributed by atoms with E-state index in [0.29, 0.717) is 11.3 Å². The van der Waals surface area contributed by atoms with Crippen LogP contribution in [0, 0.1) is 12.3 Å². The Hall–Kier alpha value is -4.69. The van der Waals surface area contributed by atoms with Gasteiger partial charge in [0.2, 0.25) is 5.91 Å². The first-order valence-electron chi connectivity index (χ1n) is 11.3. The van der Waals surface area contributed by atoms with Gasteiger partial charge < -0.3 is 5.32 Å². The van der Waals surface area contributed by atoms with Crippen LogP contribution in [0.4, 0.5) is 5.69 Å². The molecule has 35 heavy (non-hydrogen) atoms. The lowest BCUT2D eigenvalue weighted by molar-refractivity contribution is -0.125. The number of hydrogen-bond acceptors (Lipinski definition) is 3. The van der Waals surface area contributed by atoms with Crippen molar-refractivity contribution in [3.05, 3.63) is 121 Å². The fourth-order valence-electron chi connectivity index (χ4n) is 3.97. The van der Waals surface area contributed by atoms with E-state index in [0.717, 1.165) is 16.7 Å². The highest BCUT2D eigenvalue weighted by atomic mass is 16.2. The van der Waals surface area contributed by atoms with Crippen LogP contribution >= 0.6 is 0 Å². The van der Waals surface area contributed by atoms with Crippen molar-refractivity contribution in [2.24, 2.45) is 0 Å². The molecule has 0 saturated carbocycles. The summed E-state index contributed by atoms with van der Waals surface area (Å²) in [4.78, 5) is 32.2. The second-order valence-electron chi connectivity index (χ2n) is 8.06. The third-order valence-electron chi connectivity index (χ3n) is 5.76. The summed E-state index contributed by atoms with van der Waals surface area (Å²) in [7, 11) is 0. The third kappa shape index (κ3) is 5.45. The molecule has 4 aromatic rings. The van der Waals surface area contributed by atoms with Crippen LogP contribution in [-0.4, -0.2) is 16.8 Å². The highest BCUT2D eigenvalue weighted by Crippen LogP contribution is 2.30. The summed E-state index contributed by atoms with van der Waals surface area (Å²) in [5.41, 5.74) is 4.06. The predicted molar refractivity (Wildman–Crippen MR) is 138 cm³/mol. The van der Waals surface area contributed by atoms with E-state index in [1.54, 1.807) is 36.7 Å². The molecule has 2 atom stereocenters. The number of nitrogens with one attached hydrogen (secondary N) is 1. The minimum absolute atomic E-state index is 0.272. The van der Waals surface area contributed by atoms with Crippen LogP contribution in [0.3, 0.4) is 0 Å². The van der Waals surface area contributed by atoms with E-state index in [1.165, 1.54) is 4.90 Å². The topological polar surface area (TPSA) is 62.3 Å². The second kappa shape index (κ2) is 11.0. The molecule has 1 aromatic heterocycles. The maximum atomic E-state index is 13.6. The first-order chi connectivity index (χ1) is 17.1. The lowest BCUT2D eigenvalue weighted by Gasteiger charge is -2.31. The monoisotopic (exact) mass is 459 g/mol. The molecule has 4 rings (SSSR count). The third-order valence-corrected chi connectivity index (χ3v) is 5.76. The molecule has 0 saturated heterocycles. The molecule has 1 heterocycles. The van der Waals surface area contributed by atoms with Crippen molar-refractivity contribution in [3.8, 4) is 23.5 Å². The Bertz CT molecular complexity index is 1320. The molecule has 5 nitrogen and oxygen atoms in total. The number of hydrogen-bond donors (Lipinski definition) is 1. The lowest BCUT2D eigenvalue weighted by Crippen LogP contribution is -2.44. The molecule has 0 unspecified atom stereocenters. The summed E-state index contributed by atoms with van der Waals surface area (Å²) in [5.74, 6) is 1.21. The predicted octanol–water partition coefficient (Wildman–Crippen LogP) is 5.33. The van der Waals surface area contributed by atoms with Gasteiger partial charge >= 0.3 is 5.91 Å². The Morgan fingerprint density at radius 2 is 1.43 bits per heavy atom. The van der Waals surface area contributed by atoms with Crippen molar-refractivity contribution in [1.82, 2.24) is 10.3 Å². The minimum Gasteiger partial charge on any atom is -0.347 e. The molecular weight excluding hydrogens is 434 g/mol. The minimum atomic E-state index is -0.999. The van der Waals surface area contributed by atoms with E-state index in [2.05, 4.69) is 16.2 Å². The number of anilines is 1. The summed E-state index contributed by atoms with van der Waals surface area (Å²) in [6.45, 7) is 1.90. The standard InChI is InChI=1S/C30H25N3O2/c1-3-28(34)33(27-18-16-25(17-19-27)24-13-8-5-9-14-24)29(26-15-10-20-31-21-26)30(35)32-22(2)23-11-6-4-7-12-23/h1,4-22,29H,2H3,(H,32,35)/t22-,29-/m0/s1. The summed E-state index contributed by atoms with van der Waals surface area (Å²) in [5, 5.41) is 3.03. The normalized spacial score (nSPS) is 12.1. The van der Waals surface area contributed by atoms with Crippen molar-refractivity contribution >= 4 is 17.5 Å². The Kier molecular flexibility index (Phi) is 7.34. The van der Waals surface area contributed by atoms with Gasteiger partial charge in [0.25, 0.3) is 0 Å². The van der Waals surface area contributed by atoms with E-state index >= 15 is 0 Å². The number of rotatable bonds is 7. The highest BCUT2D eigenvalue weighted by molar-refractivity contribution is 6.09. The van der Waals surface area contributed by atoms with Crippen molar-refractivity contribution in [2.45, 2.75) is 19.0 Å². The van der Waals surface area contributed by atoms with Gasteiger partial charge in [-0.05, 0) is 47.7 Å². The molecule has 5 heteroatoms. The number of nitrogens with zero attached hydrogens (tertiary/aromatic N) is 2. The molecule has 0 spiro atoms. The van der Waals surface area contributed by atoms with Gasteiger partial charge in [0, 0.05) is 23.6 Å². The molecule has 0 aliphatic rings. The molecular formula is C30H25N3O2. The summed E-state index contributed by atoms with van der Waals surface area (Å²) in [6.07, 6.45) is 8.75. The van der Waals surface area contributed by atoms with E-state index < -0.39 is 11.9 Å². The van der Waals surface area contributed by atoms with Gasteiger partial charge in [0.15, 0.2) is 0 Å². The zero-order chi connectivity index (χ0) is 24.6. The van der Waals surface area contributed by atoms with Crippen LogP contribution in [-0.2, 0) is 9.59 Å². The van der Waals surface area contributed by atoms with Gasteiger partial charge in [-0.2, -0.15) is 0 Å². The Balaban J connectivity index is 1.72. The van der Waals surface area contributed by atoms with Gasteiger partial charge in [0.1, 0.15) is 6.04 Å². The SMILES string of the molecule is C#CC(=O)N(c1ccc(-c2ccccc2)cc1)[C@H](C(=O)N[C@@H](C)c1ccccc1)c1cccnc1. The van der Waals surface area contributed by atoms with Crippen LogP contribution in [0.1, 0.15) is 30.1 Å². The molecule has 172 valence electrons. The van der Waals surface area contributed by atoms with Crippen LogP contribution in [0.15, 0.2) is 109 Å². The quantitative estimate of drug-likeness (QED) is 0.380. The molecule has 0 aliphatic heterocycles. The Morgan fingerprint density at radius 1 is 0.829 bits per heavy atom. The van der Waals surface area contributed by atoms with Gasteiger partial charge in [-0.15, -0.1) is 6.42 Å². The maximum Gasteiger partial charge on any atom is 0.303 e. The van der Waals surface area contributed by atoms with E-state index in [1.807, 2.05) is 79.7 Å². The Morgan fingerprint density at radius 3 is 2.03 bits per heavy atom. The smallest absolute Gasteiger partial charge is 0.303 e. The van der Waals surface area contributed by atoms with Gasteiger partial charge in [-0.1, -0.05) is 78.9 Å². The fourth-order valence-corrected chi connectivity index (χ4v) is 3.97. The summed E-state index contributed by atoms with van der Waals surface area (Å²) >= 11 is 0. The molecule has 0 fully saturated rings. The largest absolute Gasteiger partial charge is 0.347 e. The van der Waals surface area contributed by atoms with Crippen molar-refractivity contribution in [3.63, 3.8) is 0 Å². The van der Waals surface area contributed by atoms with Gasteiger partial charge in [-0.25, -0.2) is 0 Å². The molecule has 1 N–H and O–H groups in total. The zero-order valence-electron chi connectivity index (χ0n) is 19.3. The van der Waals surface area contributed by atoms with Crippen LogP contribution in [0.2, 0.25) is 0 Å². The van der Waals surface area contributed by atoms with Crippen LogP contribution in [0.5, 0.6) is 0 Å². The van der Waals surface area contributed by atoms with E-state index in [9.17, 15) is 9.59 Å². The Labute approximate surface area is 205 Å². The maximum absolute atomic E-state index is 13.6. The van der Waals surface area contributed by atoms with Crippen molar-refractivity contribution in [2.75, 3.05) is 4.90 Å². The first kappa shape index (κ1) is 23.5. The van der Waals surface area contributed by atoms with Crippen molar-refractivity contribution < 1.29 is 9.59 Å². The average molecular weight is 460 g/mol. The van der Waals surface area contributed by atoms with E-state index in [4.69, 9.17) is 6.42 Å². The molecule has 2 amide bonds. The molecule has 0 aliphatic carbocycles. The van der Waals surface area contributed by atoms with E-state index in [-0.39, 0.29) is 11.9 Å². The van der Waals surface area contributed by atoms with Crippen molar-refractivity contribution in [1.29, 1.82) is 0 Å². The number of terminal acetylenes is 1. The summed E-state index contributed by atoms with van der Waals surface area (Å²) in [6, 6.07) is 29.2. The number of aromatic nitrogens is 1.